The minimum atomic E-state index is -0.280. The number of nitrogens with zero attached hydrogens (tertiary/aromatic N) is 2. The highest BCUT2D eigenvalue weighted by Gasteiger charge is 2.27. The van der Waals surface area contributed by atoms with E-state index in [0.717, 1.165) is 0 Å². The van der Waals surface area contributed by atoms with Crippen molar-refractivity contribution < 1.29 is 9.59 Å². The predicted molar refractivity (Wildman–Crippen MR) is 75.2 cm³/mol. The maximum atomic E-state index is 12.0. The number of nitrogens with one attached hydrogen (secondary N) is 1. The van der Waals surface area contributed by atoms with Crippen molar-refractivity contribution in [2.75, 3.05) is 26.7 Å². The molecule has 0 aromatic carbocycles. The zero-order chi connectivity index (χ0) is 14.0. The van der Waals surface area contributed by atoms with Gasteiger partial charge in [0, 0.05) is 28.9 Å². The molecule has 1 atom stereocenters. The van der Waals surface area contributed by atoms with E-state index in [2.05, 4.69) is 31.3 Å². The lowest BCUT2D eigenvalue weighted by Crippen LogP contribution is -2.41. The van der Waals surface area contributed by atoms with Crippen molar-refractivity contribution in [3.63, 3.8) is 0 Å². The molecular weight excluding hydrogens is 262 g/mol. The largest absolute Gasteiger partial charge is 0.336 e. The average Bonchev–Trinajstić information content (AvgIpc) is 2.96. The van der Waals surface area contributed by atoms with Gasteiger partial charge in [0.1, 0.15) is 0 Å². The Balaban J connectivity index is 1.95. The summed E-state index contributed by atoms with van der Waals surface area (Å²) in [7, 11) is 1.91. The minimum absolute atomic E-state index is 0.141. The molecule has 1 N–H and O–H groups in total. The summed E-state index contributed by atoms with van der Waals surface area (Å²) in [5.74, 6) is -0.141. The van der Waals surface area contributed by atoms with E-state index in [4.69, 9.17) is 0 Å². The monoisotopic (exact) mass is 281 g/mol. The van der Waals surface area contributed by atoms with Crippen molar-refractivity contribution in [2.24, 2.45) is 0 Å². The van der Waals surface area contributed by atoms with Crippen molar-refractivity contribution in [3.05, 3.63) is 21.9 Å². The molecule has 19 heavy (non-hydrogen) atoms. The van der Waals surface area contributed by atoms with Crippen LogP contribution in [0.4, 0.5) is 4.79 Å². The fourth-order valence-electron chi connectivity index (χ4n) is 2.04. The van der Waals surface area contributed by atoms with Crippen LogP contribution in [0.5, 0.6) is 0 Å². The zero-order valence-electron chi connectivity index (χ0n) is 11.5. The Kier molecular flexibility index (Phi) is 4.21. The number of hydrogen-bond acceptors (Lipinski definition) is 4. The van der Waals surface area contributed by atoms with Gasteiger partial charge in [0.25, 0.3) is 0 Å². The molecule has 2 rings (SSSR count). The highest BCUT2D eigenvalue weighted by atomic mass is 32.1. The maximum Gasteiger partial charge on any atom is 0.324 e. The third kappa shape index (κ3) is 3.13. The minimum Gasteiger partial charge on any atom is -0.336 e. The quantitative estimate of drug-likeness (QED) is 0.912. The first-order valence-electron chi connectivity index (χ1n) is 6.34. The standard InChI is InChI=1S/C13H19N3O2S/c1-9-4-5-11(19-9)10(2)15(3)8-12(17)16-7-6-14-13(16)18/h4-5,10H,6-8H2,1-3H3,(H,14,18)/t10-/m1/s1. The molecule has 104 valence electrons. The Morgan fingerprint density at radius 1 is 1.58 bits per heavy atom. The molecule has 0 aliphatic carbocycles. The molecule has 2 heterocycles. The lowest BCUT2D eigenvalue weighted by molar-refractivity contribution is -0.128. The van der Waals surface area contributed by atoms with E-state index in [0.29, 0.717) is 13.1 Å². The van der Waals surface area contributed by atoms with Crippen LogP contribution in [0.25, 0.3) is 0 Å². The molecule has 0 saturated carbocycles. The number of carbonyl (C=O) groups excluding carboxylic acids is 2. The summed E-state index contributed by atoms with van der Waals surface area (Å²) in [6, 6.07) is 4.07. The van der Waals surface area contributed by atoms with Crippen molar-refractivity contribution in [1.82, 2.24) is 15.1 Å². The number of aryl methyl sites for hydroxylation is 1. The summed E-state index contributed by atoms with van der Waals surface area (Å²) < 4.78 is 0. The number of hydrogen-bond donors (Lipinski definition) is 1. The van der Waals surface area contributed by atoms with Crippen molar-refractivity contribution >= 4 is 23.3 Å². The summed E-state index contributed by atoms with van der Waals surface area (Å²) in [5, 5.41) is 2.64. The van der Waals surface area contributed by atoms with Crippen LogP contribution in [0.3, 0.4) is 0 Å². The van der Waals surface area contributed by atoms with Gasteiger partial charge in [-0.3, -0.25) is 14.6 Å². The first-order valence-corrected chi connectivity index (χ1v) is 7.15. The van der Waals surface area contributed by atoms with Crippen LogP contribution in [0.1, 0.15) is 22.7 Å². The van der Waals surface area contributed by atoms with Gasteiger partial charge in [-0.05, 0) is 33.0 Å². The highest BCUT2D eigenvalue weighted by molar-refractivity contribution is 7.12. The Bertz CT molecular complexity index is 486. The van der Waals surface area contributed by atoms with Crippen LogP contribution in [-0.2, 0) is 4.79 Å². The molecule has 0 bridgehead atoms. The summed E-state index contributed by atoms with van der Waals surface area (Å²) in [6.07, 6.45) is 0. The molecule has 0 radical (unpaired) electrons. The van der Waals surface area contributed by atoms with E-state index >= 15 is 0 Å². The second-order valence-electron chi connectivity index (χ2n) is 4.82. The van der Waals surface area contributed by atoms with Crippen molar-refractivity contribution in [1.29, 1.82) is 0 Å². The van der Waals surface area contributed by atoms with Crippen molar-refractivity contribution in [3.8, 4) is 0 Å². The van der Waals surface area contributed by atoms with Gasteiger partial charge in [0.05, 0.1) is 6.54 Å². The molecule has 1 aromatic heterocycles. The second kappa shape index (κ2) is 5.71. The molecular formula is C13H19N3O2S. The number of rotatable bonds is 4. The molecule has 0 spiro atoms. The Hall–Kier alpha value is -1.40. The Morgan fingerprint density at radius 3 is 2.84 bits per heavy atom. The molecule has 1 aliphatic heterocycles. The summed E-state index contributed by atoms with van der Waals surface area (Å²) in [6.45, 7) is 5.42. The number of amides is 3. The maximum absolute atomic E-state index is 12.0. The number of carbonyl (C=O) groups is 2. The third-order valence-corrected chi connectivity index (χ3v) is 4.55. The van der Waals surface area contributed by atoms with Gasteiger partial charge in [-0.15, -0.1) is 11.3 Å². The highest BCUT2D eigenvalue weighted by Crippen LogP contribution is 2.26. The van der Waals surface area contributed by atoms with Gasteiger partial charge < -0.3 is 5.32 Å². The topological polar surface area (TPSA) is 52.7 Å². The average molecular weight is 281 g/mol. The number of likely N-dealkylation sites (N-methyl/N-ethyl adjacent to an activating group) is 1. The Morgan fingerprint density at radius 2 is 2.32 bits per heavy atom. The summed E-state index contributed by atoms with van der Waals surface area (Å²) >= 11 is 1.74. The SMILES string of the molecule is Cc1ccc([C@@H](C)N(C)CC(=O)N2CCNC2=O)s1. The fraction of sp³-hybridized carbons (Fsp3) is 0.538. The van der Waals surface area contributed by atoms with E-state index in [1.165, 1.54) is 14.7 Å². The van der Waals surface area contributed by atoms with E-state index in [1.54, 1.807) is 11.3 Å². The van der Waals surface area contributed by atoms with Gasteiger partial charge in [-0.1, -0.05) is 0 Å². The first-order chi connectivity index (χ1) is 8.99. The first kappa shape index (κ1) is 14.0. The predicted octanol–water partition coefficient (Wildman–Crippen LogP) is 1.60. The fourth-order valence-corrected chi connectivity index (χ4v) is 3.03. The molecule has 3 amide bonds. The number of thiophene rings is 1. The van der Waals surface area contributed by atoms with Crippen LogP contribution in [0.2, 0.25) is 0 Å². The lowest BCUT2D eigenvalue weighted by Gasteiger charge is -2.24. The molecule has 6 heteroatoms. The van der Waals surface area contributed by atoms with Crippen LogP contribution in [0, 0.1) is 6.92 Å². The van der Waals surface area contributed by atoms with Crippen LogP contribution < -0.4 is 5.32 Å². The summed E-state index contributed by atoms with van der Waals surface area (Å²) in [5.41, 5.74) is 0. The van der Waals surface area contributed by atoms with Gasteiger partial charge in [0.15, 0.2) is 0 Å². The number of imide groups is 1. The van der Waals surface area contributed by atoms with E-state index in [9.17, 15) is 9.59 Å². The number of urea groups is 1. The van der Waals surface area contributed by atoms with Gasteiger partial charge in [-0.25, -0.2) is 4.79 Å². The molecule has 5 nitrogen and oxygen atoms in total. The van der Waals surface area contributed by atoms with Gasteiger partial charge in [0.2, 0.25) is 5.91 Å². The lowest BCUT2D eigenvalue weighted by atomic mass is 10.2. The van der Waals surface area contributed by atoms with Crippen LogP contribution in [-0.4, -0.2) is 48.4 Å². The van der Waals surface area contributed by atoms with Gasteiger partial charge in [-0.2, -0.15) is 0 Å². The molecule has 1 aromatic rings. The van der Waals surface area contributed by atoms with Crippen LogP contribution in [0.15, 0.2) is 12.1 Å². The second-order valence-corrected chi connectivity index (χ2v) is 6.14. The van der Waals surface area contributed by atoms with Crippen molar-refractivity contribution in [2.45, 2.75) is 19.9 Å². The molecule has 1 saturated heterocycles. The van der Waals surface area contributed by atoms with E-state index < -0.39 is 0 Å². The molecule has 0 unspecified atom stereocenters. The smallest absolute Gasteiger partial charge is 0.324 e. The van der Waals surface area contributed by atoms with Gasteiger partial charge >= 0.3 is 6.03 Å². The summed E-state index contributed by atoms with van der Waals surface area (Å²) in [4.78, 5) is 29.2. The molecule has 1 fully saturated rings. The Labute approximate surface area is 117 Å². The van der Waals surface area contributed by atoms with E-state index in [-0.39, 0.29) is 24.5 Å². The zero-order valence-corrected chi connectivity index (χ0v) is 12.3. The molecule has 1 aliphatic rings. The van der Waals surface area contributed by atoms with Crippen LogP contribution >= 0.6 is 11.3 Å². The third-order valence-electron chi connectivity index (χ3n) is 3.38. The van der Waals surface area contributed by atoms with E-state index in [1.807, 2.05) is 11.9 Å². The normalized spacial score (nSPS) is 16.8.